The van der Waals surface area contributed by atoms with Crippen LogP contribution >= 0.6 is 0 Å². The third-order valence-corrected chi connectivity index (χ3v) is 4.63. The van der Waals surface area contributed by atoms with Gasteiger partial charge in [0.05, 0.1) is 29.2 Å². The first-order valence-corrected chi connectivity index (χ1v) is 8.70. The Bertz CT molecular complexity index is 1200. The first kappa shape index (κ1) is 23.2. The summed E-state index contributed by atoms with van der Waals surface area (Å²) < 4.78 is 108. The van der Waals surface area contributed by atoms with Crippen LogP contribution in [0.5, 0.6) is 0 Å². The van der Waals surface area contributed by atoms with E-state index in [0.717, 1.165) is 11.7 Å². The van der Waals surface area contributed by atoms with E-state index in [-0.39, 0.29) is 17.1 Å². The third-order valence-electron chi connectivity index (χ3n) is 4.63. The molecule has 0 aliphatic rings. The highest BCUT2D eigenvalue weighted by Crippen LogP contribution is 2.29. The number of alkyl halides is 3. The maximum Gasteiger partial charge on any atom is 0.435 e. The minimum atomic E-state index is -4.78. The zero-order chi connectivity index (χ0) is 24.1. The molecule has 0 atom stereocenters. The number of anilines is 1. The molecule has 0 saturated carbocycles. The molecular weight excluding hydrogens is 454 g/mol. The zero-order valence-corrected chi connectivity index (χ0v) is 16.5. The lowest BCUT2D eigenvalue weighted by Gasteiger charge is -2.10. The molecule has 0 aliphatic carbocycles. The number of nitrogens with zero attached hydrogens (tertiary/aromatic N) is 4. The number of aryl methyl sites for hydroxylation is 2. The van der Waals surface area contributed by atoms with Crippen molar-refractivity contribution >= 4 is 11.6 Å². The van der Waals surface area contributed by atoms with Crippen molar-refractivity contribution in [3.63, 3.8) is 0 Å². The maximum atomic E-state index is 14.0. The number of carbonyl (C=O) groups is 1. The molecule has 1 amide bonds. The second kappa shape index (κ2) is 7.91. The van der Waals surface area contributed by atoms with Gasteiger partial charge in [-0.1, -0.05) is 0 Å². The van der Waals surface area contributed by atoms with Crippen LogP contribution in [-0.2, 0) is 19.8 Å². The molecule has 1 aromatic carbocycles. The topological polar surface area (TPSA) is 64.7 Å². The van der Waals surface area contributed by atoms with Crippen molar-refractivity contribution in [2.75, 3.05) is 5.32 Å². The van der Waals surface area contributed by atoms with E-state index in [2.05, 4.69) is 15.5 Å². The van der Waals surface area contributed by atoms with Gasteiger partial charge in [0, 0.05) is 13.1 Å². The fourth-order valence-corrected chi connectivity index (χ4v) is 2.97. The monoisotopic (exact) mass is 467 g/mol. The van der Waals surface area contributed by atoms with Gasteiger partial charge in [0.25, 0.3) is 5.91 Å². The summed E-state index contributed by atoms with van der Waals surface area (Å²) in [5, 5.41) is 9.45. The van der Waals surface area contributed by atoms with Gasteiger partial charge in [0.15, 0.2) is 29.0 Å². The van der Waals surface area contributed by atoms with Crippen LogP contribution in [0.1, 0.15) is 33.1 Å². The molecular formula is C18H13F8N5O. The first-order valence-electron chi connectivity index (χ1n) is 8.70. The summed E-state index contributed by atoms with van der Waals surface area (Å²) in [5.41, 5.74) is -2.76. The van der Waals surface area contributed by atoms with E-state index in [9.17, 15) is 39.9 Å². The van der Waals surface area contributed by atoms with Gasteiger partial charge in [-0.25, -0.2) is 22.0 Å². The van der Waals surface area contributed by atoms with Crippen LogP contribution in [0, 0.1) is 42.9 Å². The van der Waals surface area contributed by atoms with Crippen LogP contribution in [0.25, 0.3) is 0 Å². The van der Waals surface area contributed by atoms with E-state index >= 15 is 0 Å². The Labute approximate surface area is 174 Å². The number of benzene rings is 1. The number of amides is 1. The fourth-order valence-electron chi connectivity index (χ4n) is 2.97. The van der Waals surface area contributed by atoms with Crippen LogP contribution in [-0.4, -0.2) is 25.5 Å². The Hall–Kier alpha value is -3.45. The number of hydrogen-bond acceptors (Lipinski definition) is 3. The lowest BCUT2D eigenvalue weighted by Crippen LogP contribution is -2.17. The SMILES string of the molecule is Cc1nn(Cc2c(F)c(F)c(F)c(F)c2F)c(C)c1NC(=O)c1cc(C(F)(F)F)nn1C. The highest BCUT2D eigenvalue weighted by Gasteiger charge is 2.35. The van der Waals surface area contributed by atoms with E-state index in [4.69, 9.17) is 0 Å². The van der Waals surface area contributed by atoms with Gasteiger partial charge < -0.3 is 5.32 Å². The van der Waals surface area contributed by atoms with Gasteiger partial charge in [-0.3, -0.25) is 14.2 Å². The second-order valence-electron chi connectivity index (χ2n) is 6.74. The Morgan fingerprint density at radius 3 is 2.00 bits per heavy atom. The van der Waals surface area contributed by atoms with Gasteiger partial charge in [-0.05, 0) is 13.8 Å². The Balaban J connectivity index is 1.93. The van der Waals surface area contributed by atoms with Crippen LogP contribution in [0.3, 0.4) is 0 Å². The third kappa shape index (κ3) is 3.91. The van der Waals surface area contributed by atoms with Gasteiger partial charge >= 0.3 is 6.18 Å². The summed E-state index contributed by atoms with van der Waals surface area (Å²) in [7, 11) is 1.12. The largest absolute Gasteiger partial charge is 0.435 e. The average molecular weight is 467 g/mol. The summed E-state index contributed by atoms with van der Waals surface area (Å²) in [6, 6.07) is 0.527. The standard InChI is InChI=1S/C18H13F8N5O/c1-6-16(27-17(32)9-4-10(18(24,25)26)29-30(9)3)7(2)31(28-6)5-8-11(19)13(21)15(23)14(22)12(8)20/h4H,5H2,1-3H3,(H,27,32). The molecule has 6 nitrogen and oxygen atoms in total. The first-order chi connectivity index (χ1) is 14.7. The van der Waals surface area contributed by atoms with Crippen molar-refractivity contribution in [2.24, 2.45) is 7.05 Å². The molecule has 14 heteroatoms. The maximum absolute atomic E-state index is 14.0. The molecule has 0 bridgehead atoms. The number of nitrogens with one attached hydrogen (secondary N) is 1. The molecule has 0 saturated heterocycles. The summed E-state index contributed by atoms with van der Waals surface area (Å²) in [6.07, 6.45) is -4.78. The number of halogens is 8. The second-order valence-corrected chi connectivity index (χ2v) is 6.74. The molecule has 172 valence electrons. The van der Waals surface area contributed by atoms with Gasteiger partial charge in [0.2, 0.25) is 5.82 Å². The van der Waals surface area contributed by atoms with E-state index in [1.165, 1.54) is 13.8 Å². The molecule has 2 aromatic heterocycles. The minimum Gasteiger partial charge on any atom is -0.317 e. The summed E-state index contributed by atoms with van der Waals surface area (Å²) >= 11 is 0. The summed E-state index contributed by atoms with van der Waals surface area (Å²) in [5.74, 6) is -11.6. The predicted molar refractivity (Wildman–Crippen MR) is 93.2 cm³/mol. The van der Waals surface area contributed by atoms with Crippen molar-refractivity contribution in [1.29, 1.82) is 0 Å². The normalized spacial score (nSPS) is 11.8. The minimum absolute atomic E-state index is 0.0198. The van der Waals surface area contributed by atoms with Crippen molar-refractivity contribution in [3.05, 3.63) is 63.5 Å². The van der Waals surface area contributed by atoms with Crippen LogP contribution < -0.4 is 5.32 Å². The molecule has 0 fully saturated rings. The lowest BCUT2D eigenvalue weighted by atomic mass is 10.1. The Morgan fingerprint density at radius 1 is 0.969 bits per heavy atom. The van der Waals surface area contributed by atoms with Crippen molar-refractivity contribution in [2.45, 2.75) is 26.6 Å². The van der Waals surface area contributed by atoms with Crippen molar-refractivity contribution in [1.82, 2.24) is 19.6 Å². The summed E-state index contributed by atoms with van der Waals surface area (Å²) in [4.78, 5) is 12.4. The molecule has 0 radical (unpaired) electrons. The van der Waals surface area contributed by atoms with Crippen molar-refractivity contribution in [3.8, 4) is 0 Å². The molecule has 0 spiro atoms. The molecule has 0 unspecified atom stereocenters. The highest BCUT2D eigenvalue weighted by molar-refractivity contribution is 6.03. The van der Waals surface area contributed by atoms with E-state index in [1.54, 1.807) is 0 Å². The average Bonchev–Trinajstić information content (AvgIpc) is 3.23. The van der Waals surface area contributed by atoms with E-state index in [0.29, 0.717) is 10.7 Å². The van der Waals surface area contributed by atoms with Gasteiger partial charge in [-0.15, -0.1) is 0 Å². The number of rotatable bonds is 4. The molecule has 3 aromatic rings. The zero-order valence-electron chi connectivity index (χ0n) is 16.5. The van der Waals surface area contributed by atoms with E-state index in [1.807, 2.05) is 0 Å². The van der Waals surface area contributed by atoms with E-state index < -0.39 is 64.7 Å². The molecule has 3 rings (SSSR count). The number of carbonyl (C=O) groups excluding carboxylic acids is 1. The van der Waals surface area contributed by atoms with Crippen LogP contribution in [0.2, 0.25) is 0 Å². The predicted octanol–water partition coefficient (Wildman–Crippen LogP) is 4.25. The number of aromatic nitrogens is 4. The Morgan fingerprint density at radius 2 is 1.50 bits per heavy atom. The lowest BCUT2D eigenvalue weighted by molar-refractivity contribution is -0.141. The quantitative estimate of drug-likeness (QED) is 0.355. The van der Waals surface area contributed by atoms with Crippen molar-refractivity contribution < 1.29 is 39.9 Å². The molecule has 32 heavy (non-hydrogen) atoms. The fraction of sp³-hybridized carbons (Fsp3) is 0.278. The van der Waals surface area contributed by atoms with Gasteiger partial charge in [-0.2, -0.15) is 23.4 Å². The summed E-state index contributed by atoms with van der Waals surface area (Å²) in [6.45, 7) is 1.83. The molecule has 1 N–H and O–H groups in total. The van der Waals surface area contributed by atoms with Gasteiger partial charge in [0.1, 0.15) is 5.69 Å². The molecule has 2 heterocycles. The highest BCUT2D eigenvalue weighted by atomic mass is 19.4. The smallest absolute Gasteiger partial charge is 0.317 e. The van der Waals surface area contributed by atoms with Crippen LogP contribution in [0.4, 0.5) is 40.8 Å². The van der Waals surface area contributed by atoms with Crippen LogP contribution in [0.15, 0.2) is 6.07 Å². The molecule has 0 aliphatic heterocycles. The Kier molecular flexibility index (Phi) is 5.74. The number of hydrogen-bond donors (Lipinski definition) is 1.